The smallest absolute Gasteiger partial charge is 0.335 e. The summed E-state index contributed by atoms with van der Waals surface area (Å²) in [5.74, 6) is -0.0286. The summed E-state index contributed by atoms with van der Waals surface area (Å²) < 4.78 is 5.25. The Morgan fingerprint density at radius 3 is 2.60 bits per heavy atom. The van der Waals surface area contributed by atoms with Crippen LogP contribution >= 0.6 is 11.3 Å². The average molecular weight is 286 g/mol. The summed E-state index contributed by atoms with van der Waals surface area (Å²) in [7, 11) is 0. The molecule has 3 rings (SSSR count). The van der Waals surface area contributed by atoms with Crippen LogP contribution in [0.5, 0.6) is 0 Å². The number of thiophene rings is 1. The summed E-state index contributed by atoms with van der Waals surface area (Å²) in [5, 5.41) is 14.8. The van der Waals surface area contributed by atoms with Gasteiger partial charge in [0.25, 0.3) is 5.89 Å². The predicted octanol–water partition coefficient (Wildman–Crippen LogP) is 3.47. The number of aryl methyl sites for hydroxylation is 1. The van der Waals surface area contributed by atoms with Crippen molar-refractivity contribution in [3.63, 3.8) is 0 Å². The van der Waals surface area contributed by atoms with Gasteiger partial charge >= 0.3 is 5.97 Å². The Bertz CT molecular complexity index is 759. The highest BCUT2D eigenvalue weighted by Crippen LogP contribution is 2.29. The predicted molar refractivity (Wildman–Crippen MR) is 74.7 cm³/mol. The van der Waals surface area contributed by atoms with Crippen molar-refractivity contribution in [3.8, 4) is 22.2 Å². The second-order valence-corrected chi connectivity index (χ2v) is 5.15. The van der Waals surface area contributed by atoms with Gasteiger partial charge in [0.1, 0.15) is 0 Å². The van der Waals surface area contributed by atoms with Crippen LogP contribution in [0.2, 0.25) is 0 Å². The van der Waals surface area contributed by atoms with Gasteiger partial charge in [-0.25, -0.2) is 4.79 Å². The fourth-order valence-electron chi connectivity index (χ4n) is 1.79. The maximum atomic E-state index is 10.8. The molecule has 0 aliphatic heterocycles. The van der Waals surface area contributed by atoms with Crippen LogP contribution in [-0.2, 0) is 0 Å². The van der Waals surface area contributed by atoms with Crippen molar-refractivity contribution in [1.82, 2.24) is 10.1 Å². The van der Waals surface area contributed by atoms with Crippen LogP contribution in [0.3, 0.4) is 0 Å². The fraction of sp³-hybridized carbons (Fsp3) is 0.0714. The van der Waals surface area contributed by atoms with Gasteiger partial charge in [-0.3, -0.25) is 0 Å². The van der Waals surface area contributed by atoms with Gasteiger partial charge in [-0.2, -0.15) is 4.98 Å². The topological polar surface area (TPSA) is 76.2 Å². The van der Waals surface area contributed by atoms with Crippen molar-refractivity contribution in [1.29, 1.82) is 0 Å². The lowest BCUT2D eigenvalue weighted by Gasteiger charge is -1.95. The normalized spacial score (nSPS) is 10.7. The Balaban J connectivity index is 1.94. The first-order valence-corrected chi connectivity index (χ1v) is 6.75. The molecule has 0 amide bonds. The molecular weight excluding hydrogens is 276 g/mol. The van der Waals surface area contributed by atoms with Gasteiger partial charge in [0.15, 0.2) is 0 Å². The van der Waals surface area contributed by atoms with Crippen molar-refractivity contribution in [2.24, 2.45) is 0 Å². The molecule has 0 aliphatic rings. The molecule has 0 saturated heterocycles. The fourth-order valence-corrected chi connectivity index (χ4v) is 2.63. The molecule has 0 radical (unpaired) electrons. The molecule has 0 saturated carbocycles. The third kappa shape index (κ3) is 2.21. The van der Waals surface area contributed by atoms with E-state index >= 15 is 0 Å². The van der Waals surface area contributed by atoms with E-state index in [9.17, 15) is 4.79 Å². The van der Waals surface area contributed by atoms with Gasteiger partial charge in [-0.1, -0.05) is 17.3 Å². The van der Waals surface area contributed by atoms with E-state index in [2.05, 4.69) is 10.1 Å². The third-order valence-corrected chi connectivity index (χ3v) is 3.88. The number of benzene rings is 1. The van der Waals surface area contributed by atoms with Crippen molar-refractivity contribution >= 4 is 17.3 Å². The molecule has 0 spiro atoms. The molecule has 20 heavy (non-hydrogen) atoms. The third-order valence-electron chi connectivity index (χ3n) is 2.87. The number of hydrogen-bond acceptors (Lipinski definition) is 5. The molecule has 6 heteroatoms. The maximum absolute atomic E-state index is 10.8. The summed E-state index contributed by atoms with van der Waals surface area (Å²) >= 11 is 1.54. The minimum Gasteiger partial charge on any atom is -0.478 e. The summed E-state index contributed by atoms with van der Waals surface area (Å²) in [6.07, 6.45) is 0. The first-order valence-electron chi connectivity index (χ1n) is 5.87. The lowest BCUT2D eigenvalue weighted by atomic mass is 10.1. The summed E-state index contributed by atoms with van der Waals surface area (Å²) in [5.41, 5.74) is 2.04. The molecule has 5 nitrogen and oxygen atoms in total. The van der Waals surface area contributed by atoms with Gasteiger partial charge < -0.3 is 9.63 Å². The van der Waals surface area contributed by atoms with Crippen molar-refractivity contribution in [3.05, 3.63) is 46.8 Å². The zero-order valence-corrected chi connectivity index (χ0v) is 11.3. The van der Waals surface area contributed by atoms with E-state index < -0.39 is 5.97 Å². The lowest BCUT2D eigenvalue weighted by molar-refractivity contribution is 0.0697. The quantitative estimate of drug-likeness (QED) is 0.797. The highest BCUT2D eigenvalue weighted by atomic mass is 32.1. The van der Waals surface area contributed by atoms with Crippen molar-refractivity contribution < 1.29 is 14.4 Å². The highest BCUT2D eigenvalue weighted by molar-refractivity contribution is 7.13. The van der Waals surface area contributed by atoms with E-state index in [0.717, 1.165) is 16.0 Å². The van der Waals surface area contributed by atoms with Gasteiger partial charge in [-0.05, 0) is 36.1 Å². The van der Waals surface area contributed by atoms with Crippen LogP contribution in [-0.4, -0.2) is 21.2 Å². The molecule has 0 bridgehead atoms. The van der Waals surface area contributed by atoms with E-state index in [4.69, 9.17) is 9.63 Å². The molecule has 0 unspecified atom stereocenters. The van der Waals surface area contributed by atoms with Crippen LogP contribution in [0.1, 0.15) is 15.9 Å². The molecule has 2 aromatic heterocycles. The Kier molecular flexibility index (Phi) is 3.08. The molecular formula is C14H10N2O3S. The summed E-state index contributed by atoms with van der Waals surface area (Å²) in [4.78, 5) is 16.1. The van der Waals surface area contributed by atoms with E-state index in [-0.39, 0.29) is 5.56 Å². The minimum atomic E-state index is -0.959. The lowest BCUT2D eigenvalue weighted by Crippen LogP contribution is -1.95. The molecule has 1 N–H and O–H groups in total. The number of carboxylic acid groups (broad SMARTS) is 1. The number of carbonyl (C=O) groups is 1. The van der Waals surface area contributed by atoms with Crippen molar-refractivity contribution in [2.45, 2.75) is 6.92 Å². The molecule has 1 aromatic carbocycles. The average Bonchev–Trinajstić information content (AvgIpc) is 3.07. The Morgan fingerprint density at radius 2 is 2.00 bits per heavy atom. The Labute approximate surface area is 118 Å². The second-order valence-electron chi connectivity index (χ2n) is 4.24. The van der Waals surface area contributed by atoms with Crippen LogP contribution < -0.4 is 0 Å². The zero-order chi connectivity index (χ0) is 14.1. The van der Waals surface area contributed by atoms with E-state index in [1.54, 1.807) is 23.5 Å². The first-order chi connectivity index (χ1) is 9.65. The van der Waals surface area contributed by atoms with Crippen LogP contribution in [0.15, 0.2) is 40.2 Å². The van der Waals surface area contributed by atoms with Gasteiger partial charge in [0, 0.05) is 5.56 Å². The first kappa shape index (κ1) is 12.6. The SMILES string of the molecule is Cc1ccsc1-c1nc(-c2ccc(C(=O)O)cc2)no1. The number of nitrogens with zero attached hydrogens (tertiary/aromatic N) is 2. The number of carboxylic acids is 1. The highest BCUT2D eigenvalue weighted by Gasteiger charge is 2.14. The van der Waals surface area contributed by atoms with E-state index in [0.29, 0.717) is 11.7 Å². The zero-order valence-electron chi connectivity index (χ0n) is 10.5. The van der Waals surface area contributed by atoms with Crippen LogP contribution in [0.4, 0.5) is 0 Å². The van der Waals surface area contributed by atoms with Crippen LogP contribution in [0, 0.1) is 6.92 Å². The maximum Gasteiger partial charge on any atom is 0.335 e. The Morgan fingerprint density at radius 1 is 1.25 bits per heavy atom. The molecule has 0 fully saturated rings. The molecule has 2 heterocycles. The second kappa shape index (κ2) is 4.90. The summed E-state index contributed by atoms with van der Waals surface area (Å²) in [6.45, 7) is 1.98. The number of aromatic nitrogens is 2. The number of rotatable bonds is 3. The Hall–Kier alpha value is -2.47. The van der Waals surface area contributed by atoms with Crippen LogP contribution in [0.25, 0.3) is 22.2 Å². The minimum absolute atomic E-state index is 0.228. The largest absolute Gasteiger partial charge is 0.478 e. The van der Waals surface area contributed by atoms with E-state index in [1.165, 1.54) is 12.1 Å². The van der Waals surface area contributed by atoms with Gasteiger partial charge in [0.05, 0.1) is 10.4 Å². The standard InChI is InChI=1S/C14H10N2O3S/c1-8-6-7-20-11(8)13-15-12(16-19-13)9-2-4-10(5-3-9)14(17)18/h2-7H,1H3,(H,17,18). The van der Waals surface area contributed by atoms with Crippen molar-refractivity contribution in [2.75, 3.05) is 0 Å². The molecule has 0 aliphatic carbocycles. The van der Waals surface area contributed by atoms with Gasteiger partial charge in [-0.15, -0.1) is 11.3 Å². The molecule has 0 atom stereocenters. The van der Waals surface area contributed by atoms with E-state index in [1.807, 2.05) is 18.4 Å². The number of aromatic carboxylic acids is 1. The number of hydrogen-bond donors (Lipinski definition) is 1. The molecule has 100 valence electrons. The summed E-state index contributed by atoms with van der Waals surface area (Å²) in [6, 6.07) is 8.36. The van der Waals surface area contributed by atoms with Gasteiger partial charge in [0.2, 0.25) is 5.82 Å². The monoisotopic (exact) mass is 286 g/mol. The molecule has 3 aromatic rings.